The van der Waals surface area contributed by atoms with E-state index in [1.54, 1.807) is 30.3 Å². The Bertz CT molecular complexity index is 763. The van der Waals surface area contributed by atoms with Gasteiger partial charge in [-0.1, -0.05) is 49.6 Å². The molecular weight excluding hydrogens is 389 g/mol. The second kappa shape index (κ2) is 8.42. The smallest absolute Gasteiger partial charge is 0.408 e. The van der Waals surface area contributed by atoms with Gasteiger partial charge in [-0.2, -0.15) is 13.2 Å². The van der Waals surface area contributed by atoms with Crippen LogP contribution in [0.3, 0.4) is 0 Å². The van der Waals surface area contributed by atoms with Gasteiger partial charge in [0.05, 0.1) is 5.92 Å². The quantitative estimate of drug-likeness (QED) is 0.726. The van der Waals surface area contributed by atoms with Crippen LogP contribution in [-0.4, -0.2) is 46.2 Å². The maximum absolute atomic E-state index is 13.5. The minimum absolute atomic E-state index is 0.103. The maximum Gasteiger partial charge on any atom is 0.408 e. The molecule has 3 atom stereocenters. The Hall–Kier alpha value is -2.58. The number of nitrogens with zero attached hydrogens (tertiary/aromatic N) is 1. The van der Waals surface area contributed by atoms with E-state index >= 15 is 0 Å². The third kappa shape index (κ3) is 4.54. The van der Waals surface area contributed by atoms with E-state index in [4.69, 9.17) is 0 Å². The predicted octanol–water partition coefficient (Wildman–Crippen LogP) is 3.36. The van der Waals surface area contributed by atoms with Crippen molar-refractivity contribution in [2.45, 2.75) is 56.8 Å². The molecule has 1 saturated carbocycles. The van der Waals surface area contributed by atoms with E-state index in [2.05, 4.69) is 0 Å². The molecule has 1 saturated heterocycles. The molecule has 158 valence electrons. The lowest BCUT2D eigenvalue weighted by Gasteiger charge is -2.44. The Morgan fingerprint density at radius 2 is 1.76 bits per heavy atom. The molecule has 2 fully saturated rings. The molecule has 0 radical (unpaired) electrons. The summed E-state index contributed by atoms with van der Waals surface area (Å²) in [4.78, 5) is 37.0. The van der Waals surface area contributed by atoms with Crippen LogP contribution in [0.25, 0.3) is 0 Å². The number of aliphatic carboxylic acids is 1. The lowest BCUT2D eigenvalue weighted by Crippen LogP contribution is -2.70. The molecule has 3 rings (SSSR count). The molecule has 2 N–H and O–H groups in total. The van der Waals surface area contributed by atoms with Crippen LogP contribution < -0.4 is 5.32 Å². The van der Waals surface area contributed by atoms with Gasteiger partial charge in [0.2, 0.25) is 5.91 Å². The number of alkyl halides is 3. The van der Waals surface area contributed by atoms with Crippen molar-refractivity contribution in [3.8, 4) is 0 Å². The van der Waals surface area contributed by atoms with Crippen molar-refractivity contribution >= 4 is 17.9 Å². The van der Waals surface area contributed by atoms with Crippen molar-refractivity contribution in [2.75, 3.05) is 0 Å². The highest BCUT2D eigenvalue weighted by molar-refractivity contribution is 6.07. The first-order valence-electron chi connectivity index (χ1n) is 9.67. The van der Waals surface area contributed by atoms with Gasteiger partial charge >= 0.3 is 18.2 Å². The highest BCUT2D eigenvalue weighted by Gasteiger charge is 2.56. The summed E-state index contributed by atoms with van der Waals surface area (Å²) in [6.45, 7) is 0. The fourth-order valence-corrected chi connectivity index (χ4v) is 4.26. The fraction of sp³-hybridized carbons (Fsp3) is 0.550. The van der Waals surface area contributed by atoms with Gasteiger partial charge in [0, 0.05) is 0 Å². The Balaban J connectivity index is 1.73. The van der Waals surface area contributed by atoms with Crippen LogP contribution >= 0.6 is 0 Å². The largest absolute Gasteiger partial charge is 0.480 e. The highest BCUT2D eigenvalue weighted by atomic mass is 19.4. The van der Waals surface area contributed by atoms with Gasteiger partial charge in [0.25, 0.3) is 0 Å². The van der Waals surface area contributed by atoms with Gasteiger partial charge in [0.15, 0.2) is 6.04 Å². The zero-order valence-corrected chi connectivity index (χ0v) is 15.7. The molecule has 6 nitrogen and oxygen atoms in total. The topological polar surface area (TPSA) is 86.7 Å². The van der Waals surface area contributed by atoms with Crippen molar-refractivity contribution in [1.29, 1.82) is 0 Å². The number of hydrogen-bond acceptors (Lipinski definition) is 3. The van der Waals surface area contributed by atoms with Gasteiger partial charge in [-0.25, -0.2) is 14.5 Å². The molecule has 1 aromatic carbocycles. The molecule has 3 unspecified atom stereocenters. The molecule has 2 aliphatic rings. The number of likely N-dealkylation sites (tertiary alicyclic amines) is 1. The fourth-order valence-electron chi connectivity index (χ4n) is 4.26. The van der Waals surface area contributed by atoms with Crippen molar-refractivity contribution in [3.05, 3.63) is 35.9 Å². The zero-order chi connectivity index (χ0) is 21.2. The van der Waals surface area contributed by atoms with E-state index in [1.807, 2.05) is 5.32 Å². The summed E-state index contributed by atoms with van der Waals surface area (Å²) in [5, 5.41) is 11.4. The molecule has 1 aliphatic carbocycles. The normalized spacial score (nSPS) is 24.0. The van der Waals surface area contributed by atoms with E-state index in [0.717, 1.165) is 6.42 Å². The molecule has 1 aliphatic heterocycles. The van der Waals surface area contributed by atoms with E-state index in [0.29, 0.717) is 36.1 Å². The number of carbonyl (C=O) groups is 3. The number of benzene rings is 1. The van der Waals surface area contributed by atoms with Gasteiger partial charge in [-0.15, -0.1) is 0 Å². The van der Waals surface area contributed by atoms with Crippen LogP contribution in [0.1, 0.15) is 37.7 Å². The van der Waals surface area contributed by atoms with Crippen molar-refractivity contribution in [2.24, 2.45) is 11.8 Å². The van der Waals surface area contributed by atoms with Crippen LogP contribution in [0, 0.1) is 11.8 Å². The molecule has 29 heavy (non-hydrogen) atoms. The third-order valence-electron chi connectivity index (χ3n) is 5.74. The number of carboxylic acid groups (broad SMARTS) is 1. The van der Waals surface area contributed by atoms with Crippen LogP contribution in [0.4, 0.5) is 18.0 Å². The van der Waals surface area contributed by atoms with Crippen LogP contribution in [0.2, 0.25) is 0 Å². The van der Waals surface area contributed by atoms with E-state index in [9.17, 15) is 32.7 Å². The van der Waals surface area contributed by atoms with Crippen LogP contribution in [0.5, 0.6) is 0 Å². The first kappa shape index (κ1) is 21.1. The zero-order valence-electron chi connectivity index (χ0n) is 15.7. The molecule has 0 aromatic heterocycles. The van der Waals surface area contributed by atoms with Crippen molar-refractivity contribution in [3.63, 3.8) is 0 Å². The highest BCUT2D eigenvalue weighted by Crippen LogP contribution is 2.36. The van der Waals surface area contributed by atoms with Gasteiger partial charge < -0.3 is 10.4 Å². The Morgan fingerprint density at radius 3 is 2.31 bits per heavy atom. The first-order valence-corrected chi connectivity index (χ1v) is 9.67. The summed E-state index contributed by atoms with van der Waals surface area (Å²) in [5.74, 6) is -3.95. The molecule has 3 amide bonds. The lowest BCUT2D eigenvalue weighted by molar-refractivity contribution is -0.172. The number of urea groups is 1. The van der Waals surface area contributed by atoms with Crippen LogP contribution in [-0.2, 0) is 16.0 Å². The maximum atomic E-state index is 13.5. The summed E-state index contributed by atoms with van der Waals surface area (Å²) in [7, 11) is 0. The number of halogens is 3. The number of amides is 3. The van der Waals surface area contributed by atoms with E-state index in [-0.39, 0.29) is 6.42 Å². The molecule has 0 spiro atoms. The average Bonchev–Trinajstić information content (AvgIpc) is 2.68. The lowest BCUT2D eigenvalue weighted by atomic mass is 9.82. The molecule has 1 aromatic rings. The van der Waals surface area contributed by atoms with Crippen LogP contribution in [0.15, 0.2) is 30.3 Å². The molecule has 1 heterocycles. The standard InChI is InChI=1S/C20H23F3N2O4/c21-20(22,23)16(13-9-5-2-6-10-13)24-19(29)25-15(18(27)28)14(17(25)26)11-12-7-3-1-4-8-12/h1,3-4,7-8,13-16H,2,5-6,9-11H2,(H,24,29)(H,27,28). The summed E-state index contributed by atoms with van der Waals surface area (Å²) in [5.41, 5.74) is 0.715. The van der Waals surface area contributed by atoms with Gasteiger partial charge in [-0.05, 0) is 30.7 Å². The summed E-state index contributed by atoms with van der Waals surface area (Å²) >= 11 is 0. The number of rotatable bonds is 5. The van der Waals surface area contributed by atoms with Gasteiger partial charge in [0.1, 0.15) is 6.04 Å². The summed E-state index contributed by atoms with van der Waals surface area (Å²) in [6, 6.07) is 3.81. The SMILES string of the molecule is O=C(O)C1C(Cc2ccccc2)C(=O)N1C(=O)NC(C1CCCCC1)C(F)(F)F. The number of nitrogens with one attached hydrogen (secondary N) is 1. The molecule has 9 heteroatoms. The minimum Gasteiger partial charge on any atom is -0.480 e. The number of carboxylic acids is 1. The Kier molecular flexibility index (Phi) is 6.14. The Morgan fingerprint density at radius 1 is 1.14 bits per heavy atom. The molecule has 0 bridgehead atoms. The number of β-lactam (4-membered cyclic amide) rings is 1. The monoisotopic (exact) mass is 412 g/mol. The number of hydrogen-bond donors (Lipinski definition) is 2. The number of imide groups is 1. The second-order valence-electron chi connectivity index (χ2n) is 7.65. The summed E-state index contributed by atoms with van der Waals surface area (Å²) in [6.07, 6.45) is -1.77. The molecular formula is C20H23F3N2O4. The van der Waals surface area contributed by atoms with Crippen molar-refractivity contribution < 1.29 is 32.7 Å². The minimum atomic E-state index is -4.67. The van der Waals surface area contributed by atoms with Gasteiger partial charge in [-0.3, -0.25) is 4.79 Å². The Labute approximate surface area is 166 Å². The van der Waals surface area contributed by atoms with Crippen molar-refractivity contribution in [1.82, 2.24) is 10.2 Å². The van der Waals surface area contributed by atoms with E-state index < -0.39 is 48.0 Å². The van der Waals surface area contributed by atoms with E-state index in [1.165, 1.54) is 0 Å². The third-order valence-corrected chi connectivity index (χ3v) is 5.74. The predicted molar refractivity (Wildman–Crippen MR) is 96.9 cm³/mol. The average molecular weight is 412 g/mol. The number of carbonyl (C=O) groups excluding carboxylic acids is 2. The second-order valence-corrected chi connectivity index (χ2v) is 7.65. The first-order chi connectivity index (χ1) is 13.7. The summed E-state index contributed by atoms with van der Waals surface area (Å²) < 4.78 is 40.6.